The minimum atomic E-state index is -0.574. The van der Waals surface area contributed by atoms with Crippen LogP contribution in [0.15, 0.2) is 182 Å². The van der Waals surface area contributed by atoms with Crippen molar-refractivity contribution in [1.29, 1.82) is 0 Å². The summed E-state index contributed by atoms with van der Waals surface area (Å²) in [6.45, 7) is 11.7. The number of hydrogen-bond donors (Lipinski definition) is 0. The van der Waals surface area contributed by atoms with Gasteiger partial charge in [-0.2, -0.15) is 0 Å². The van der Waals surface area contributed by atoms with Crippen LogP contribution in [0.2, 0.25) is 0 Å². The molecule has 1 spiro atoms. The van der Waals surface area contributed by atoms with E-state index >= 15 is 0 Å². The third-order valence-corrected chi connectivity index (χ3v) is 13.2. The van der Waals surface area contributed by atoms with Gasteiger partial charge < -0.3 is 4.90 Å². The van der Waals surface area contributed by atoms with Crippen LogP contribution in [0, 0.1) is 0 Å². The molecule has 0 fully saturated rings. The topological polar surface area (TPSA) is 3.24 Å². The first kappa shape index (κ1) is 32.8. The molecule has 274 valence electrons. The molecule has 0 aliphatic heterocycles. The predicted molar refractivity (Wildman–Crippen MR) is 239 cm³/mol. The van der Waals surface area contributed by atoms with Crippen LogP contribution in [0.5, 0.6) is 0 Å². The third-order valence-electron chi connectivity index (χ3n) is 13.2. The van der Waals surface area contributed by atoms with Gasteiger partial charge in [-0.05, 0) is 114 Å². The summed E-state index contributed by atoms with van der Waals surface area (Å²) in [5.41, 5.74) is 21.5. The monoisotopic (exact) mass is 732 g/mol. The van der Waals surface area contributed by atoms with Crippen molar-refractivity contribution in [1.82, 2.24) is 0 Å². The van der Waals surface area contributed by atoms with E-state index in [2.05, 4.69) is 209 Å². The molecule has 3 aliphatic carbocycles. The highest BCUT2D eigenvalue weighted by atomic mass is 15.1. The molecule has 0 amide bonds. The molecule has 0 bridgehead atoms. The number of anilines is 3. The number of hydrogen-bond acceptors (Lipinski definition) is 1. The van der Waals surface area contributed by atoms with Crippen LogP contribution in [-0.4, -0.2) is 0 Å². The summed E-state index contributed by atoms with van der Waals surface area (Å²) in [6.07, 6.45) is 0. The number of nitrogens with zero attached hydrogens (tertiary/aromatic N) is 1. The average molecular weight is 733 g/mol. The highest BCUT2D eigenvalue weighted by molar-refractivity contribution is 6.02. The molecule has 0 radical (unpaired) electrons. The Morgan fingerprint density at radius 2 is 0.965 bits per heavy atom. The van der Waals surface area contributed by atoms with Crippen LogP contribution >= 0.6 is 0 Å². The second kappa shape index (κ2) is 12.0. The quantitative estimate of drug-likeness (QED) is 0.174. The molecule has 0 saturated carbocycles. The van der Waals surface area contributed by atoms with Crippen LogP contribution in [0.3, 0.4) is 0 Å². The second-order valence-electron chi connectivity index (χ2n) is 17.6. The molecule has 11 rings (SSSR count). The zero-order valence-corrected chi connectivity index (χ0v) is 33.2. The molecule has 57 heavy (non-hydrogen) atoms. The Labute approximate surface area is 338 Å². The maximum Gasteiger partial charge on any atom is 0.0726 e. The van der Waals surface area contributed by atoms with E-state index in [-0.39, 0.29) is 10.8 Å². The van der Waals surface area contributed by atoms with Crippen LogP contribution < -0.4 is 4.90 Å². The van der Waals surface area contributed by atoms with Gasteiger partial charge >= 0.3 is 0 Å². The summed E-state index contributed by atoms with van der Waals surface area (Å²) < 4.78 is 9.08. The van der Waals surface area contributed by atoms with Gasteiger partial charge in [-0.15, -0.1) is 0 Å². The van der Waals surface area contributed by atoms with Crippen molar-refractivity contribution in [2.45, 2.75) is 50.9 Å². The molecule has 0 N–H and O–H groups in total. The predicted octanol–water partition coefficient (Wildman–Crippen LogP) is 14.8. The minimum Gasteiger partial charge on any atom is -0.310 e. The summed E-state index contributed by atoms with van der Waals surface area (Å²) in [4.78, 5) is 2.52. The molecule has 8 aromatic rings. The van der Waals surface area contributed by atoms with E-state index in [1.165, 1.54) is 83.5 Å². The lowest BCUT2D eigenvalue weighted by Crippen LogP contribution is -2.27. The normalized spacial score (nSPS) is 14.9. The second-order valence-corrected chi connectivity index (χ2v) is 17.6. The SMILES string of the molecule is [2H]c1ccc2c(c1)C1(c3ccccc3-c3ccccc31)c1cc(C(C)(C)C)cc(N(c3ccc(-c4ccccc4)cc3)c3ccc4c(c3)C(C)(C)c3ccccc3-4)c1-2. The lowest BCUT2D eigenvalue weighted by atomic mass is 9.69. The number of fused-ring (bicyclic) bond motifs is 13. The first-order valence-corrected chi connectivity index (χ1v) is 20.3. The Morgan fingerprint density at radius 1 is 0.439 bits per heavy atom. The van der Waals surface area contributed by atoms with E-state index in [0.717, 1.165) is 17.1 Å². The van der Waals surface area contributed by atoms with E-state index in [1.807, 2.05) is 6.07 Å². The first-order chi connectivity index (χ1) is 28.1. The largest absolute Gasteiger partial charge is 0.310 e. The maximum atomic E-state index is 9.08. The summed E-state index contributed by atoms with van der Waals surface area (Å²) in [7, 11) is 0. The van der Waals surface area contributed by atoms with Gasteiger partial charge in [-0.25, -0.2) is 0 Å². The highest BCUT2D eigenvalue weighted by Crippen LogP contribution is 2.65. The molecular weight excluding hydrogens is 687 g/mol. The van der Waals surface area contributed by atoms with Crippen molar-refractivity contribution in [3.05, 3.63) is 221 Å². The summed E-state index contributed by atoms with van der Waals surface area (Å²) >= 11 is 0. The molecule has 0 atom stereocenters. The Bertz CT molecular complexity index is 2920. The Hall–Kier alpha value is -6.44. The Balaban J connectivity index is 1.24. The zero-order valence-electron chi connectivity index (χ0n) is 34.2. The number of rotatable bonds is 4. The van der Waals surface area contributed by atoms with E-state index in [0.29, 0.717) is 6.04 Å². The van der Waals surface area contributed by atoms with Gasteiger partial charge in [0.15, 0.2) is 0 Å². The average Bonchev–Trinajstić information content (AvgIpc) is 3.79. The summed E-state index contributed by atoms with van der Waals surface area (Å²) in [5.74, 6) is 0. The molecule has 3 aliphatic rings. The smallest absolute Gasteiger partial charge is 0.0726 e. The van der Waals surface area contributed by atoms with Crippen LogP contribution in [0.1, 0.15) is 74.9 Å². The van der Waals surface area contributed by atoms with Gasteiger partial charge in [-0.1, -0.05) is 186 Å². The molecule has 0 saturated heterocycles. The van der Waals surface area contributed by atoms with Gasteiger partial charge in [0, 0.05) is 22.4 Å². The molecule has 1 heteroatoms. The fourth-order valence-electron chi connectivity index (χ4n) is 10.4. The van der Waals surface area contributed by atoms with Gasteiger partial charge in [0.2, 0.25) is 0 Å². The van der Waals surface area contributed by atoms with E-state index in [9.17, 15) is 0 Å². The van der Waals surface area contributed by atoms with Crippen molar-refractivity contribution in [2.24, 2.45) is 0 Å². The van der Waals surface area contributed by atoms with Gasteiger partial charge in [0.05, 0.1) is 12.5 Å². The Kier molecular flexibility index (Phi) is 6.92. The lowest BCUT2D eigenvalue weighted by Gasteiger charge is -2.34. The molecule has 8 aromatic carbocycles. The molecule has 0 heterocycles. The summed E-state index contributed by atoms with van der Waals surface area (Å²) in [5, 5.41) is 0. The maximum absolute atomic E-state index is 9.08. The molecule has 0 aromatic heterocycles. The van der Waals surface area contributed by atoms with E-state index < -0.39 is 5.41 Å². The highest BCUT2D eigenvalue weighted by Gasteiger charge is 2.53. The van der Waals surface area contributed by atoms with E-state index in [1.54, 1.807) is 0 Å². The van der Waals surface area contributed by atoms with Crippen molar-refractivity contribution in [2.75, 3.05) is 4.90 Å². The Morgan fingerprint density at radius 3 is 1.63 bits per heavy atom. The molecule has 1 nitrogen and oxygen atoms in total. The fourth-order valence-corrected chi connectivity index (χ4v) is 10.4. The lowest BCUT2D eigenvalue weighted by molar-refractivity contribution is 0.588. The van der Waals surface area contributed by atoms with E-state index in [4.69, 9.17) is 1.37 Å². The standard InChI is InChI=1S/C56H45N/c1-54(2,3)38-33-51-53(45-22-12-16-26-49(45)56(51)47-24-14-10-20-42(47)43-21-11-15-25-48(43)56)52(34-38)57(39-29-27-37(28-30-39)36-17-7-6-8-18-36)40-31-32-44-41-19-9-13-23-46(41)55(4,5)50(44)35-40/h6-35H,1-5H3/i16D. The van der Waals surface area contributed by atoms with Crippen LogP contribution in [-0.2, 0) is 16.2 Å². The van der Waals surface area contributed by atoms with Crippen LogP contribution in [0.25, 0.3) is 44.5 Å². The fraction of sp³-hybridized carbons (Fsp3) is 0.143. The van der Waals surface area contributed by atoms with Crippen LogP contribution in [0.4, 0.5) is 17.1 Å². The first-order valence-electron chi connectivity index (χ1n) is 20.8. The molecular formula is C56H45N. The van der Waals surface area contributed by atoms with Crippen molar-refractivity contribution in [3.8, 4) is 44.5 Å². The van der Waals surface area contributed by atoms with Gasteiger partial charge in [-0.3, -0.25) is 0 Å². The number of benzene rings is 8. The van der Waals surface area contributed by atoms with Crippen molar-refractivity contribution in [3.63, 3.8) is 0 Å². The minimum absolute atomic E-state index is 0.150. The van der Waals surface area contributed by atoms with Crippen molar-refractivity contribution < 1.29 is 1.37 Å². The summed E-state index contributed by atoms with van der Waals surface area (Å²) in [6, 6.07) is 65.6. The zero-order chi connectivity index (χ0) is 39.6. The van der Waals surface area contributed by atoms with Gasteiger partial charge in [0.25, 0.3) is 0 Å². The van der Waals surface area contributed by atoms with Gasteiger partial charge in [0.1, 0.15) is 0 Å². The molecule has 0 unspecified atom stereocenters. The van der Waals surface area contributed by atoms with Crippen molar-refractivity contribution >= 4 is 17.1 Å². The third kappa shape index (κ3) is 4.69.